The molecule has 17 heavy (non-hydrogen) atoms. The van der Waals surface area contributed by atoms with E-state index in [0.29, 0.717) is 25.6 Å². The number of urea groups is 1. The van der Waals surface area contributed by atoms with E-state index in [0.717, 1.165) is 25.9 Å². The number of amidine groups is 1. The van der Waals surface area contributed by atoms with Gasteiger partial charge in [0.2, 0.25) is 0 Å². The number of hydrogen-bond donors (Lipinski definition) is 3. The molecule has 1 saturated heterocycles. The van der Waals surface area contributed by atoms with Crippen molar-refractivity contribution < 1.29 is 9.53 Å². The molecule has 0 aromatic heterocycles. The Hall–Kier alpha value is -1.30. The largest absolute Gasteiger partial charge is 0.388 e. The van der Waals surface area contributed by atoms with Gasteiger partial charge in [0.05, 0.1) is 18.5 Å². The number of nitrogens with two attached hydrogens (primary N) is 1. The number of amides is 2. The van der Waals surface area contributed by atoms with Crippen LogP contribution in [0.1, 0.15) is 25.7 Å². The highest BCUT2D eigenvalue weighted by Gasteiger charge is 2.33. The van der Waals surface area contributed by atoms with Gasteiger partial charge in [0.1, 0.15) is 0 Å². The van der Waals surface area contributed by atoms with Crippen molar-refractivity contribution in [3.05, 3.63) is 0 Å². The monoisotopic (exact) mass is 240 g/mol. The predicted molar refractivity (Wildman–Crippen MR) is 64.0 cm³/mol. The van der Waals surface area contributed by atoms with Crippen molar-refractivity contribution in [3.8, 4) is 0 Å². The van der Waals surface area contributed by atoms with Crippen LogP contribution >= 0.6 is 0 Å². The van der Waals surface area contributed by atoms with Gasteiger partial charge < -0.3 is 20.7 Å². The Kier molecular flexibility index (Phi) is 3.83. The fourth-order valence-corrected chi connectivity index (χ4v) is 1.98. The lowest BCUT2D eigenvalue weighted by atomic mass is 10.2. The number of carbonyl (C=O) groups is 1. The Balaban J connectivity index is 1.81. The third-order valence-electron chi connectivity index (χ3n) is 3.13. The highest BCUT2D eigenvalue weighted by atomic mass is 16.5. The van der Waals surface area contributed by atoms with Gasteiger partial charge in [-0.1, -0.05) is 0 Å². The minimum Gasteiger partial charge on any atom is -0.388 e. The first-order chi connectivity index (χ1) is 8.16. The van der Waals surface area contributed by atoms with Crippen molar-refractivity contribution in [2.75, 3.05) is 19.8 Å². The molecule has 1 aliphatic heterocycles. The first-order valence-corrected chi connectivity index (χ1v) is 6.14. The molecular formula is C11H20N4O2. The van der Waals surface area contributed by atoms with Gasteiger partial charge in [-0.2, -0.15) is 0 Å². The van der Waals surface area contributed by atoms with Crippen LogP contribution < -0.4 is 11.1 Å². The first kappa shape index (κ1) is 12.2. The summed E-state index contributed by atoms with van der Waals surface area (Å²) in [5, 5.41) is 10.2. The molecule has 1 atom stereocenters. The minimum atomic E-state index is -0.0377. The van der Waals surface area contributed by atoms with E-state index in [2.05, 4.69) is 5.32 Å². The maximum Gasteiger partial charge on any atom is 0.317 e. The number of nitrogens with one attached hydrogen (secondary N) is 2. The van der Waals surface area contributed by atoms with Crippen LogP contribution in [0, 0.1) is 5.41 Å². The molecule has 6 heteroatoms. The number of rotatable bonds is 5. The Morgan fingerprint density at radius 2 is 2.24 bits per heavy atom. The molecule has 1 heterocycles. The average Bonchev–Trinajstić information content (AvgIpc) is 2.97. The van der Waals surface area contributed by atoms with Gasteiger partial charge in [-0.3, -0.25) is 5.41 Å². The van der Waals surface area contributed by atoms with Crippen LogP contribution in [-0.4, -0.2) is 48.6 Å². The highest BCUT2D eigenvalue weighted by Crippen LogP contribution is 2.27. The van der Waals surface area contributed by atoms with Crippen LogP contribution in [0.2, 0.25) is 0 Å². The zero-order valence-corrected chi connectivity index (χ0v) is 9.95. The van der Waals surface area contributed by atoms with Crippen LogP contribution in [0.4, 0.5) is 4.79 Å². The summed E-state index contributed by atoms with van der Waals surface area (Å²) in [6.07, 6.45) is 3.46. The van der Waals surface area contributed by atoms with Gasteiger partial charge in [-0.15, -0.1) is 0 Å². The van der Waals surface area contributed by atoms with Crippen molar-refractivity contribution in [3.63, 3.8) is 0 Å². The fraction of sp³-hybridized carbons (Fsp3) is 0.818. The first-order valence-electron chi connectivity index (χ1n) is 6.14. The molecule has 0 aromatic carbocycles. The number of hydrogen-bond acceptors (Lipinski definition) is 3. The van der Waals surface area contributed by atoms with Crippen LogP contribution in [0.3, 0.4) is 0 Å². The Bertz CT molecular complexity index is 298. The lowest BCUT2D eigenvalue weighted by Gasteiger charge is -2.24. The summed E-state index contributed by atoms with van der Waals surface area (Å²) in [6, 6.07) is 0.446. The Morgan fingerprint density at radius 3 is 2.76 bits per heavy atom. The van der Waals surface area contributed by atoms with Crippen molar-refractivity contribution in [2.24, 2.45) is 5.73 Å². The molecule has 1 unspecified atom stereocenters. The van der Waals surface area contributed by atoms with Crippen LogP contribution in [0.25, 0.3) is 0 Å². The SMILES string of the molecule is N=C(N)CCN(C(=O)NC1CCOC1)C1CC1. The van der Waals surface area contributed by atoms with Crippen molar-refractivity contribution in [1.29, 1.82) is 5.41 Å². The number of carbonyl (C=O) groups excluding carboxylic acids is 1. The molecule has 6 nitrogen and oxygen atoms in total. The van der Waals surface area contributed by atoms with E-state index < -0.39 is 0 Å². The summed E-state index contributed by atoms with van der Waals surface area (Å²) in [4.78, 5) is 13.8. The van der Waals surface area contributed by atoms with Crippen molar-refractivity contribution >= 4 is 11.9 Å². The molecular weight excluding hydrogens is 220 g/mol. The predicted octanol–water partition coefficient (Wildman–Crippen LogP) is 0.275. The van der Waals surface area contributed by atoms with Gasteiger partial charge in [0, 0.05) is 25.6 Å². The second kappa shape index (κ2) is 5.35. The minimum absolute atomic E-state index is 0.0377. The maximum atomic E-state index is 12.0. The van der Waals surface area contributed by atoms with Gasteiger partial charge in [0.15, 0.2) is 0 Å². The van der Waals surface area contributed by atoms with Gasteiger partial charge in [-0.25, -0.2) is 4.79 Å². The molecule has 1 aliphatic carbocycles. The summed E-state index contributed by atoms with van der Waals surface area (Å²) < 4.78 is 5.22. The highest BCUT2D eigenvalue weighted by molar-refractivity contribution is 5.79. The average molecular weight is 240 g/mol. The fourth-order valence-electron chi connectivity index (χ4n) is 1.98. The van der Waals surface area contributed by atoms with Crippen molar-refractivity contribution in [1.82, 2.24) is 10.2 Å². The van der Waals surface area contributed by atoms with E-state index in [4.69, 9.17) is 15.9 Å². The zero-order valence-electron chi connectivity index (χ0n) is 9.95. The lowest BCUT2D eigenvalue weighted by molar-refractivity contribution is 0.177. The van der Waals surface area contributed by atoms with Gasteiger partial charge >= 0.3 is 6.03 Å². The molecule has 0 aromatic rings. The van der Waals surface area contributed by atoms with E-state index in [9.17, 15) is 4.79 Å². The molecule has 0 bridgehead atoms. The van der Waals surface area contributed by atoms with Gasteiger partial charge in [0.25, 0.3) is 0 Å². The normalized spacial score (nSPS) is 23.4. The summed E-state index contributed by atoms with van der Waals surface area (Å²) in [5.41, 5.74) is 5.33. The molecule has 4 N–H and O–H groups in total. The standard InChI is InChI=1S/C11H20N4O2/c12-10(13)3-5-15(9-1-2-9)11(16)14-8-4-6-17-7-8/h8-9H,1-7H2,(H3,12,13)(H,14,16). The van der Waals surface area contributed by atoms with E-state index in [1.54, 1.807) is 4.90 Å². The molecule has 1 saturated carbocycles. The van der Waals surface area contributed by atoms with E-state index in [-0.39, 0.29) is 17.9 Å². The Labute approximate surface area is 101 Å². The van der Waals surface area contributed by atoms with Crippen LogP contribution in [0.15, 0.2) is 0 Å². The third kappa shape index (κ3) is 3.59. The second-order valence-corrected chi connectivity index (χ2v) is 4.71. The van der Waals surface area contributed by atoms with E-state index in [1.807, 2.05) is 0 Å². The summed E-state index contributed by atoms with van der Waals surface area (Å²) in [5.74, 6) is 0.132. The number of ether oxygens (including phenoxy) is 1. The van der Waals surface area contributed by atoms with Crippen molar-refractivity contribution in [2.45, 2.75) is 37.8 Å². The van der Waals surface area contributed by atoms with Crippen LogP contribution in [0.5, 0.6) is 0 Å². The molecule has 0 radical (unpaired) electrons. The van der Waals surface area contributed by atoms with Gasteiger partial charge in [-0.05, 0) is 19.3 Å². The molecule has 0 spiro atoms. The lowest BCUT2D eigenvalue weighted by Crippen LogP contribution is -2.47. The topological polar surface area (TPSA) is 91.4 Å². The summed E-state index contributed by atoms with van der Waals surface area (Å²) in [6.45, 7) is 1.87. The Morgan fingerprint density at radius 1 is 1.47 bits per heavy atom. The summed E-state index contributed by atoms with van der Waals surface area (Å²) >= 11 is 0. The molecule has 2 rings (SSSR count). The van der Waals surface area contributed by atoms with Crippen LogP contribution in [-0.2, 0) is 4.74 Å². The summed E-state index contributed by atoms with van der Waals surface area (Å²) in [7, 11) is 0. The molecule has 2 fully saturated rings. The molecule has 2 amide bonds. The smallest absolute Gasteiger partial charge is 0.317 e. The zero-order chi connectivity index (χ0) is 12.3. The maximum absolute atomic E-state index is 12.0. The molecule has 96 valence electrons. The second-order valence-electron chi connectivity index (χ2n) is 4.71. The number of nitrogens with zero attached hydrogens (tertiary/aromatic N) is 1. The van der Waals surface area contributed by atoms with E-state index in [1.165, 1.54) is 0 Å². The molecule has 2 aliphatic rings. The quantitative estimate of drug-likeness (QED) is 0.476. The van der Waals surface area contributed by atoms with E-state index >= 15 is 0 Å². The third-order valence-corrected chi connectivity index (χ3v) is 3.13.